The summed E-state index contributed by atoms with van der Waals surface area (Å²) in [4.78, 5) is 27.9. The van der Waals surface area contributed by atoms with E-state index in [1.807, 2.05) is 0 Å². The zero-order chi connectivity index (χ0) is 16.4. The van der Waals surface area contributed by atoms with Gasteiger partial charge >= 0.3 is 5.97 Å². The standard InChI is InChI=1S/C13H18N2O5S/c1-8(9(2)21(4,19)20)15(3)12(16)10-5-6-11(13(17)18)14-7-10/h5-9H,1-4H3,(H,17,18). The van der Waals surface area contributed by atoms with E-state index in [9.17, 15) is 18.0 Å². The number of hydrogen-bond acceptors (Lipinski definition) is 5. The van der Waals surface area contributed by atoms with Gasteiger partial charge < -0.3 is 10.0 Å². The smallest absolute Gasteiger partial charge is 0.354 e. The molecule has 1 N–H and O–H groups in total. The van der Waals surface area contributed by atoms with Crippen molar-refractivity contribution in [1.82, 2.24) is 9.88 Å². The van der Waals surface area contributed by atoms with Crippen molar-refractivity contribution in [2.45, 2.75) is 25.1 Å². The molecule has 21 heavy (non-hydrogen) atoms. The van der Waals surface area contributed by atoms with E-state index in [2.05, 4.69) is 4.98 Å². The first kappa shape index (κ1) is 17.1. The molecule has 1 heterocycles. The van der Waals surface area contributed by atoms with Gasteiger partial charge in [-0.05, 0) is 26.0 Å². The largest absolute Gasteiger partial charge is 0.477 e. The molecule has 1 amide bonds. The second-order valence-corrected chi connectivity index (χ2v) is 7.33. The van der Waals surface area contributed by atoms with Gasteiger partial charge in [-0.25, -0.2) is 18.2 Å². The number of carbonyl (C=O) groups is 2. The minimum Gasteiger partial charge on any atom is -0.477 e. The van der Waals surface area contributed by atoms with Crippen molar-refractivity contribution in [2.24, 2.45) is 0 Å². The zero-order valence-corrected chi connectivity index (χ0v) is 13.1. The van der Waals surface area contributed by atoms with Crippen LogP contribution in [0.3, 0.4) is 0 Å². The van der Waals surface area contributed by atoms with E-state index < -0.39 is 33.0 Å². The highest BCUT2D eigenvalue weighted by atomic mass is 32.2. The van der Waals surface area contributed by atoms with E-state index in [4.69, 9.17) is 5.11 Å². The number of hydrogen-bond donors (Lipinski definition) is 1. The molecule has 1 rings (SSSR count). The van der Waals surface area contributed by atoms with Crippen LogP contribution in [-0.4, -0.2) is 59.9 Å². The van der Waals surface area contributed by atoms with Crippen LogP contribution in [0.5, 0.6) is 0 Å². The molecule has 7 nitrogen and oxygen atoms in total. The molecule has 1 aromatic rings. The summed E-state index contributed by atoms with van der Waals surface area (Å²) in [6, 6.07) is 2.06. The topological polar surface area (TPSA) is 105 Å². The fourth-order valence-electron chi connectivity index (χ4n) is 1.71. The maximum atomic E-state index is 12.2. The van der Waals surface area contributed by atoms with Gasteiger partial charge in [0.1, 0.15) is 5.69 Å². The normalized spacial score (nSPS) is 14.3. The summed E-state index contributed by atoms with van der Waals surface area (Å²) in [5.41, 5.74) is 0.0433. The molecule has 0 saturated carbocycles. The number of nitrogens with zero attached hydrogens (tertiary/aromatic N) is 2. The first-order chi connectivity index (χ1) is 9.55. The molecule has 0 fully saturated rings. The minimum atomic E-state index is -3.27. The highest BCUT2D eigenvalue weighted by molar-refractivity contribution is 7.91. The van der Waals surface area contributed by atoms with Crippen molar-refractivity contribution < 1.29 is 23.1 Å². The molecule has 0 saturated heterocycles. The predicted molar refractivity (Wildman–Crippen MR) is 77.1 cm³/mol. The Morgan fingerprint density at radius 1 is 1.29 bits per heavy atom. The molecule has 0 aliphatic carbocycles. The summed E-state index contributed by atoms with van der Waals surface area (Å²) in [5.74, 6) is -1.59. The maximum absolute atomic E-state index is 12.2. The number of carboxylic acid groups (broad SMARTS) is 1. The Morgan fingerprint density at radius 2 is 1.86 bits per heavy atom. The number of rotatable bonds is 5. The number of carbonyl (C=O) groups excluding carboxylic acids is 1. The summed E-state index contributed by atoms with van der Waals surface area (Å²) in [5, 5.41) is 8.04. The lowest BCUT2D eigenvalue weighted by atomic mass is 10.1. The van der Waals surface area contributed by atoms with Crippen LogP contribution in [-0.2, 0) is 9.84 Å². The van der Waals surface area contributed by atoms with Crippen molar-refractivity contribution >= 4 is 21.7 Å². The van der Waals surface area contributed by atoms with Crippen molar-refractivity contribution in [2.75, 3.05) is 13.3 Å². The van der Waals surface area contributed by atoms with Crippen LogP contribution in [0, 0.1) is 0 Å². The van der Waals surface area contributed by atoms with Gasteiger partial charge in [0.05, 0.1) is 10.8 Å². The lowest BCUT2D eigenvalue weighted by Crippen LogP contribution is -2.44. The molecule has 116 valence electrons. The third kappa shape index (κ3) is 4.01. The number of pyridine rings is 1. The van der Waals surface area contributed by atoms with Gasteiger partial charge in [-0.1, -0.05) is 0 Å². The molecule has 2 atom stereocenters. The molecule has 0 aromatic carbocycles. The highest BCUT2D eigenvalue weighted by Crippen LogP contribution is 2.13. The molecule has 1 aromatic heterocycles. The highest BCUT2D eigenvalue weighted by Gasteiger charge is 2.28. The Kier molecular flexibility index (Phi) is 5.06. The molecule has 0 aliphatic heterocycles. The van der Waals surface area contributed by atoms with Crippen LogP contribution >= 0.6 is 0 Å². The number of amides is 1. The Balaban J connectivity index is 2.94. The lowest BCUT2D eigenvalue weighted by molar-refractivity contribution is 0.0686. The first-order valence-corrected chi connectivity index (χ1v) is 8.16. The Labute approximate surface area is 123 Å². The molecule has 0 radical (unpaired) electrons. The quantitative estimate of drug-likeness (QED) is 0.856. The second-order valence-electron chi connectivity index (χ2n) is 4.93. The molecular weight excluding hydrogens is 296 g/mol. The van der Waals surface area contributed by atoms with E-state index in [-0.39, 0.29) is 11.3 Å². The van der Waals surface area contributed by atoms with Crippen molar-refractivity contribution in [1.29, 1.82) is 0 Å². The molecular formula is C13H18N2O5S. The summed E-state index contributed by atoms with van der Waals surface area (Å²) in [7, 11) is -1.77. The van der Waals surface area contributed by atoms with Gasteiger partial charge in [0.15, 0.2) is 9.84 Å². The van der Waals surface area contributed by atoms with Gasteiger partial charge in [0.2, 0.25) is 0 Å². The fourth-order valence-corrected chi connectivity index (χ4v) is 2.61. The van der Waals surface area contributed by atoms with Gasteiger partial charge in [0, 0.05) is 25.5 Å². The van der Waals surface area contributed by atoms with Crippen LogP contribution < -0.4 is 0 Å². The fraction of sp³-hybridized carbons (Fsp3) is 0.462. The monoisotopic (exact) mass is 314 g/mol. The minimum absolute atomic E-state index is 0.160. The van der Waals surface area contributed by atoms with Gasteiger partial charge in [-0.3, -0.25) is 4.79 Å². The lowest BCUT2D eigenvalue weighted by Gasteiger charge is -2.28. The van der Waals surface area contributed by atoms with E-state index in [1.165, 1.54) is 37.2 Å². The van der Waals surface area contributed by atoms with Crippen molar-refractivity contribution in [3.63, 3.8) is 0 Å². The summed E-state index contributed by atoms with van der Waals surface area (Å²) in [6.07, 6.45) is 2.29. The maximum Gasteiger partial charge on any atom is 0.354 e. The second kappa shape index (κ2) is 6.21. The van der Waals surface area contributed by atoms with Crippen molar-refractivity contribution in [3.8, 4) is 0 Å². The van der Waals surface area contributed by atoms with Gasteiger partial charge in [-0.15, -0.1) is 0 Å². The van der Waals surface area contributed by atoms with E-state index in [1.54, 1.807) is 6.92 Å². The third-order valence-corrected chi connectivity index (χ3v) is 5.26. The van der Waals surface area contributed by atoms with Crippen molar-refractivity contribution in [3.05, 3.63) is 29.6 Å². The van der Waals surface area contributed by atoms with Crippen LogP contribution in [0.15, 0.2) is 18.3 Å². The van der Waals surface area contributed by atoms with E-state index in [0.717, 1.165) is 6.26 Å². The van der Waals surface area contributed by atoms with E-state index >= 15 is 0 Å². The molecule has 8 heteroatoms. The summed E-state index contributed by atoms with van der Waals surface area (Å²) >= 11 is 0. The molecule has 0 spiro atoms. The summed E-state index contributed by atoms with van der Waals surface area (Å²) < 4.78 is 23.1. The van der Waals surface area contributed by atoms with Crippen LogP contribution in [0.2, 0.25) is 0 Å². The summed E-state index contributed by atoms with van der Waals surface area (Å²) in [6.45, 7) is 3.18. The Bertz CT molecular complexity index is 639. The number of aromatic carboxylic acids is 1. The third-order valence-electron chi connectivity index (χ3n) is 3.52. The van der Waals surface area contributed by atoms with Crippen LogP contribution in [0.1, 0.15) is 34.7 Å². The van der Waals surface area contributed by atoms with Crippen LogP contribution in [0.4, 0.5) is 0 Å². The Hall–Kier alpha value is -1.96. The molecule has 0 bridgehead atoms. The van der Waals surface area contributed by atoms with Gasteiger partial charge in [0.25, 0.3) is 5.91 Å². The Morgan fingerprint density at radius 3 is 2.24 bits per heavy atom. The first-order valence-electron chi connectivity index (χ1n) is 6.21. The number of sulfone groups is 1. The zero-order valence-electron chi connectivity index (χ0n) is 12.3. The van der Waals surface area contributed by atoms with Crippen LogP contribution in [0.25, 0.3) is 0 Å². The SMILES string of the molecule is CC(C(C)S(C)(=O)=O)N(C)C(=O)c1ccc(C(=O)O)nc1. The number of carboxylic acids is 1. The average Bonchev–Trinajstić information content (AvgIpc) is 2.43. The van der Waals surface area contributed by atoms with Gasteiger partial charge in [-0.2, -0.15) is 0 Å². The number of aromatic nitrogens is 1. The molecule has 2 unspecified atom stereocenters. The average molecular weight is 314 g/mol. The predicted octanol–water partition coefficient (Wildman–Crippen LogP) is 0.673. The van der Waals surface area contributed by atoms with E-state index in [0.29, 0.717) is 0 Å². The molecule has 0 aliphatic rings.